The van der Waals surface area contributed by atoms with Crippen LogP contribution in [0.1, 0.15) is 31.9 Å². The Kier molecular flexibility index (Phi) is 10.8. The van der Waals surface area contributed by atoms with E-state index in [1.807, 2.05) is 36.4 Å². The van der Waals surface area contributed by atoms with Gasteiger partial charge in [-0.2, -0.15) is 0 Å². The fraction of sp³-hybridized carbons (Fsp3) is 0.435. The zero-order chi connectivity index (χ0) is 21.3. The van der Waals surface area contributed by atoms with Crippen LogP contribution >= 0.6 is 24.0 Å². The standard InChI is InChI=1S/C23H33N3O3.HI/c1-7-24-22(25-15-17-10-8-9-11-19(17)27-4)26-16-23(2,3)18-12-13-20(28-5)21(14-18)29-6;/h8-14H,7,15-16H2,1-6H3,(H2,24,25,26);1H. The van der Waals surface area contributed by atoms with Crippen LogP contribution in [0.3, 0.4) is 0 Å². The molecule has 7 heteroatoms. The second-order valence-corrected chi connectivity index (χ2v) is 7.31. The van der Waals surface area contributed by atoms with Crippen molar-refractivity contribution in [2.45, 2.75) is 32.7 Å². The maximum atomic E-state index is 5.45. The first-order valence-corrected chi connectivity index (χ1v) is 9.81. The van der Waals surface area contributed by atoms with E-state index in [1.165, 1.54) is 0 Å². The van der Waals surface area contributed by atoms with Gasteiger partial charge < -0.3 is 24.8 Å². The Hall–Kier alpha value is -2.16. The SMILES string of the molecule is CCNC(=NCc1ccccc1OC)NCC(C)(C)c1ccc(OC)c(OC)c1.I. The fourth-order valence-electron chi connectivity index (χ4n) is 3.00. The Morgan fingerprint density at radius 2 is 1.57 bits per heavy atom. The first kappa shape index (κ1) is 25.9. The van der Waals surface area contributed by atoms with Crippen molar-refractivity contribution in [3.05, 3.63) is 53.6 Å². The topological polar surface area (TPSA) is 64.1 Å². The van der Waals surface area contributed by atoms with Gasteiger partial charge in [0.15, 0.2) is 17.5 Å². The lowest BCUT2D eigenvalue weighted by atomic mass is 9.84. The van der Waals surface area contributed by atoms with E-state index in [2.05, 4.69) is 37.5 Å². The summed E-state index contributed by atoms with van der Waals surface area (Å²) < 4.78 is 16.2. The number of rotatable bonds is 9. The smallest absolute Gasteiger partial charge is 0.191 e. The molecule has 0 saturated carbocycles. The summed E-state index contributed by atoms with van der Waals surface area (Å²) in [4.78, 5) is 4.72. The first-order valence-electron chi connectivity index (χ1n) is 9.81. The van der Waals surface area contributed by atoms with Crippen molar-refractivity contribution >= 4 is 29.9 Å². The van der Waals surface area contributed by atoms with Crippen LogP contribution in [0.5, 0.6) is 17.2 Å². The van der Waals surface area contributed by atoms with Gasteiger partial charge >= 0.3 is 0 Å². The molecule has 166 valence electrons. The molecule has 0 atom stereocenters. The van der Waals surface area contributed by atoms with Gasteiger partial charge in [-0.25, -0.2) is 4.99 Å². The molecule has 2 aromatic rings. The van der Waals surface area contributed by atoms with E-state index in [0.717, 1.165) is 40.9 Å². The van der Waals surface area contributed by atoms with E-state index >= 15 is 0 Å². The molecule has 2 aromatic carbocycles. The average molecular weight is 527 g/mol. The zero-order valence-corrected chi connectivity index (χ0v) is 21.1. The van der Waals surface area contributed by atoms with Crippen molar-refractivity contribution in [2.75, 3.05) is 34.4 Å². The van der Waals surface area contributed by atoms with Crippen LogP contribution in [0.15, 0.2) is 47.5 Å². The lowest BCUT2D eigenvalue weighted by Gasteiger charge is -2.27. The van der Waals surface area contributed by atoms with Crippen molar-refractivity contribution in [2.24, 2.45) is 4.99 Å². The third-order valence-electron chi connectivity index (χ3n) is 4.81. The maximum absolute atomic E-state index is 5.45. The highest BCUT2D eigenvalue weighted by molar-refractivity contribution is 14.0. The normalized spacial score (nSPS) is 11.3. The molecule has 6 nitrogen and oxygen atoms in total. The largest absolute Gasteiger partial charge is 0.496 e. The predicted octanol–water partition coefficient (Wildman–Crippen LogP) is 4.36. The van der Waals surface area contributed by atoms with Gasteiger partial charge in [0.05, 0.1) is 27.9 Å². The van der Waals surface area contributed by atoms with Crippen molar-refractivity contribution < 1.29 is 14.2 Å². The average Bonchev–Trinajstić information content (AvgIpc) is 2.75. The van der Waals surface area contributed by atoms with Crippen LogP contribution in [-0.2, 0) is 12.0 Å². The van der Waals surface area contributed by atoms with E-state index in [0.29, 0.717) is 13.1 Å². The molecule has 2 rings (SSSR count). The Balaban J connectivity index is 0.00000450. The van der Waals surface area contributed by atoms with E-state index < -0.39 is 0 Å². The quantitative estimate of drug-likeness (QED) is 0.288. The minimum absolute atomic E-state index is 0. The molecule has 0 unspecified atom stereocenters. The van der Waals surface area contributed by atoms with Gasteiger partial charge in [-0.3, -0.25) is 0 Å². The number of hydrogen-bond donors (Lipinski definition) is 2. The number of benzene rings is 2. The Morgan fingerprint density at radius 3 is 2.20 bits per heavy atom. The molecule has 0 aliphatic heterocycles. The van der Waals surface area contributed by atoms with Gasteiger partial charge in [-0.15, -0.1) is 24.0 Å². The number of guanidine groups is 1. The molecule has 0 bridgehead atoms. The van der Waals surface area contributed by atoms with Gasteiger partial charge in [-0.1, -0.05) is 38.1 Å². The molecule has 0 spiro atoms. The highest BCUT2D eigenvalue weighted by atomic mass is 127. The van der Waals surface area contributed by atoms with Crippen LogP contribution in [-0.4, -0.2) is 40.4 Å². The molecule has 2 N–H and O–H groups in total. The summed E-state index contributed by atoms with van der Waals surface area (Å²) in [6, 6.07) is 14.0. The van der Waals surface area contributed by atoms with E-state index in [9.17, 15) is 0 Å². The van der Waals surface area contributed by atoms with Gasteiger partial charge in [-0.05, 0) is 30.7 Å². The molecule has 0 saturated heterocycles. The molecule has 0 aliphatic carbocycles. The minimum atomic E-state index is -0.139. The number of halogens is 1. The van der Waals surface area contributed by atoms with Crippen LogP contribution in [0.4, 0.5) is 0 Å². The molecule has 0 aliphatic rings. The van der Waals surface area contributed by atoms with Crippen LogP contribution < -0.4 is 24.8 Å². The molecular weight excluding hydrogens is 493 g/mol. The molecular formula is C23H34IN3O3. The van der Waals surface area contributed by atoms with Crippen molar-refractivity contribution in [3.8, 4) is 17.2 Å². The van der Waals surface area contributed by atoms with Gasteiger partial charge in [0, 0.05) is 24.1 Å². The second kappa shape index (κ2) is 12.5. The van der Waals surface area contributed by atoms with Gasteiger partial charge in [0.25, 0.3) is 0 Å². The Labute approximate surface area is 197 Å². The van der Waals surface area contributed by atoms with Crippen molar-refractivity contribution in [3.63, 3.8) is 0 Å². The van der Waals surface area contributed by atoms with Gasteiger partial charge in [0.2, 0.25) is 0 Å². The summed E-state index contributed by atoms with van der Waals surface area (Å²) in [6.45, 7) is 8.46. The minimum Gasteiger partial charge on any atom is -0.496 e. The van der Waals surface area contributed by atoms with Crippen LogP contribution in [0.2, 0.25) is 0 Å². The Morgan fingerprint density at radius 1 is 0.900 bits per heavy atom. The van der Waals surface area contributed by atoms with Crippen molar-refractivity contribution in [1.29, 1.82) is 0 Å². The highest BCUT2D eigenvalue weighted by Gasteiger charge is 2.22. The van der Waals surface area contributed by atoms with Gasteiger partial charge in [0.1, 0.15) is 5.75 Å². The number of methoxy groups -OCH3 is 3. The Bertz CT molecular complexity index is 825. The van der Waals surface area contributed by atoms with E-state index in [4.69, 9.17) is 19.2 Å². The fourth-order valence-corrected chi connectivity index (χ4v) is 3.00. The van der Waals surface area contributed by atoms with Crippen molar-refractivity contribution in [1.82, 2.24) is 10.6 Å². The summed E-state index contributed by atoms with van der Waals surface area (Å²) in [5, 5.41) is 6.77. The maximum Gasteiger partial charge on any atom is 0.191 e. The monoisotopic (exact) mass is 527 g/mol. The molecule has 0 heterocycles. The van der Waals surface area contributed by atoms with E-state index in [-0.39, 0.29) is 29.4 Å². The van der Waals surface area contributed by atoms with E-state index in [1.54, 1.807) is 21.3 Å². The number of para-hydroxylation sites is 1. The second-order valence-electron chi connectivity index (χ2n) is 7.31. The van der Waals surface area contributed by atoms with Crippen LogP contribution in [0, 0.1) is 0 Å². The summed E-state index contributed by atoms with van der Waals surface area (Å²) in [7, 11) is 4.98. The molecule has 0 amide bonds. The summed E-state index contributed by atoms with van der Waals surface area (Å²) >= 11 is 0. The predicted molar refractivity (Wildman–Crippen MR) is 134 cm³/mol. The summed E-state index contributed by atoms with van der Waals surface area (Å²) in [5.41, 5.74) is 2.06. The number of ether oxygens (including phenoxy) is 3. The number of nitrogens with one attached hydrogen (secondary N) is 2. The zero-order valence-electron chi connectivity index (χ0n) is 18.7. The van der Waals surface area contributed by atoms with Crippen LogP contribution in [0.25, 0.3) is 0 Å². The molecule has 0 aromatic heterocycles. The third-order valence-corrected chi connectivity index (χ3v) is 4.81. The summed E-state index contributed by atoms with van der Waals surface area (Å²) in [5.74, 6) is 3.08. The molecule has 0 radical (unpaired) electrons. The lowest BCUT2D eigenvalue weighted by molar-refractivity contribution is 0.353. The molecule has 30 heavy (non-hydrogen) atoms. The first-order chi connectivity index (χ1) is 13.9. The lowest BCUT2D eigenvalue weighted by Crippen LogP contribution is -2.43. The third kappa shape index (κ3) is 6.97. The molecule has 0 fully saturated rings. The number of hydrogen-bond acceptors (Lipinski definition) is 4. The summed E-state index contributed by atoms with van der Waals surface area (Å²) in [6.07, 6.45) is 0. The number of nitrogens with zero attached hydrogens (tertiary/aromatic N) is 1. The number of aliphatic imine (C=N–C) groups is 1. The highest BCUT2D eigenvalue weighted by Crippen LogP contribution is 2.32.